The molecule has 0 unspecified atom stereocenters. The van der Waals surface area contributed by atoms with Gasteiger partial charge in [-0.2, -0.15) is 6.07 Å². The SMILES string of the molecule is Cc1cc2ccccc2[cH-]1.[CH3-].[CH3-].[CH3-].[Zr+4]. The van der Waals surface area contributed by atoms with Gasteiger partial charge in [-0.3, -0.25) is 0 Å². The Bertz CT molecular complexity index is 314. The quantitative estimate of drug-likeness (QED) is 0.626. The van der Waals surface area contributed by atoms with Crippen molar-refractivity contribution in [3.63, 3.8) is 0 Å². The van der Waals surface area contributed by atoms with Gasteiger partial charge >= 0.3 is 26.2 Å². The molecule has 0 aliphatic heterocycles. The fourth-order valence-electron chi connectivity index (χ4n) is 1.31. The van der Waals surface area contributed by atoms with Crippen LogP contribution >= 0.6 is 0 Å². The summed E-state index contributed by atoms with van der Waals surface area (Å²) in [5.41, 5.74) is 1.35. The summed E-state index contributed by atoms with van der Waals surface area (Å²) in [7, 11) is 0. The maximum absolute atomic E-state index is 2.20. The molecule has 0 saturated heterocycles. The van der Waals surface area contributed by atoms with Crippen molar-refractivity contribution in [1.29, 1.82) is 0 Å². The fraction of sp³-hybridized carbons (Fsp3) is 0.0769. The molecule has 0 heterocycles. The Balaban J connectivity index is -0.000000302. The van der Waals surface area contributed by atoms with Crippen LogP contribution in [0.25, 0.3) is 10.8 Å². The van der Waals surface area contributed by atoms with Gasteiger partial charge in [-0.05, 0) is 0 Å². The van der Waals surface area contributed by atoms with E-state index in [0.717, 1.165) is 0 Å². The molecule has 0 aromatic heterocycles. The molecule has 2 aromatic carbocycles. The molecule has 14 heavy (non-hydrogen) atoms. The Morgan fingerprint density at radius 1 is 1.00 bits per heavy atom. The summed E-state index contributed by atoms with van der Waals surface area (Å²) in [4.78, 5) is 0. The number of aryl methyl sites for hydroxylation is 1. The summed E-state index contributed by atoms with van der Waals surface area (Å²) in [5.74, 6) is 0. The Morgan fingerprint density at radius 2 is 1.57 bits per heavy atom. The van der Waals surface area contributed by atoms with E-state index in [9.17, 15) is 0 Å². The first-order valence-corrected chi connectivity index (χ1v) is 3.48. The van der Waals surface area contributed by atoms with E-state index in [1.165, 1.54) is 16.3 Å². The van der Waals surface area contributed by atoms with E-state index in [1.807, 2.05) is 0 Å². The number of rotatable bonds is 0. The van der Waals surface area contributed by atoms with Gasteiger partial charge in [-0.1, -0.05) is 13.0 Å². The minimum atomic E-state index is 0. The maximum atomic E-state index is 2.20. The minimum absolute atomic E-state index is 0. The van der Waals surface area contributed by atoms with E-state index in [2.05, 4.69) is 43.3 Å². The zero-order valence-corrected chi connectivity index (χ0v) is 11.9. The summed E-state index contributed by atoms with van der Waals surface area (Å²) in [6.07, 6.45) is 0. The molecule has 74 valence electrons. The van der Waals surface area contributed by atoms with Gasteiger partial charge in [0.2, 0.25) is 0 Å². The van der Waals surface area contributed by atoms with Crippen molar-refractivity contribution in [3.05, 3.63) is 64.2 Å². The smallest absolute Gasteiger partial charge is 0.358 e. The fourth-order valence-corrected chi connectivity index (χ4v) is 1.31. The summed E-state index contributed by atoms with van der Waals surface area (Å²) in [5, 5.41) is 2.69. The molecule has 2 rings (SSSR count). The third kappa shape index (κ3) is 3.84. The zero-order valence-electron chi connectivity index (χ0n) is 9.46. The number of hydrogen-bond acceptors (Lipinski definition) is 0. The van der Waals surface area contributed by atoms with Crippen LogP contribution in [-0.2, 0) is 26.2 Å². The van der Waals surface area contributed by atoms with Crippen molar-refractivity contribution in [2.45, 2.75) is 6.92 Å². The Labute approximate surface area is 108 Å². The Morgan fingerprint density at radius 3 is 2.14 bits per heavy atom. The van der Waals surface area contributed by atoms with E-state index in [0.29, 0.717) is 0 Å². The third-order valence-corrected chi connectivity index (χ3v) is 1.76. The first-order valence-electron chi connectivity index (χ1n) is 3.48. The molecule has 0 fully saturated rings. The number of hydrogen-bond donors (Lipinski definition) is 0. The standard InChI is InChI=1S/C10H9.3CH3.Zr/c1-8-6-9-4-2-3-5-10(9)7-8;;;;/h2-7H,1H3;3*1H3;/q4*-1;+4. The molecule has 0 amide bonds. The summed E-state index contributed by atoms with van der Waals surface area (Å²) in [6.45, 7) is 2.12. The van der Waals surface area contributed by atoms with Crippen LogP contribution in [0.5, 0.6) is 0 Å². The van der Waals surface area contributed by atoms with Gasteiger partial charge in [0.15, 0.2) is 0 Å². The van der Waals surface area contributed by atoms with E-state index in [-0.39, 0.29) is 48.5 Å². The normalized spacial score (nSPS) is 7.50. The molecular formula is C13H18Zr. The molecule has 0 bridgehead atoms. The van der Waals surface area contributed by atoms with Crippen molar-refractivity contribution in [3.8, 4) is 0 Å². The largest absolute Gasteiger partial charge is 4.00 e. The van der Waals surface area contributed by atoms with Crippen molar-refractivity contribution >= 4 is 10.8 Å². The van der Waals surface area contributed by atoms with E-state index in [4.69, 9.17) is 0 Å². The molecule has 2 aromatic rings. The monoisotopic (exact) mass is 264 g/mol. The molecule has 0 N–H and O–H groups in total. The first-order chi connectivity index (χ1) is 4.86. The second-order valence-corrected chi connectivity index (χ2v) is 2.66. The van der Waals surface area contributed by atoms with Crippen molar-refractivity contribution in [1.82, 2.24) is 0 Å². The summed E-state index contributed by atoms with van der Waals surface area (Å²) in [6, 6.07) is 12.8. The molecule has 0 aliphatic rings. The van der Waals surface area contributed by atoms with Crippen molar-refractivity contribution < 1.29 is 26.2 Å². The average molecular weight is 266 g/mol. The molecule has 0 radical (unpaired) electrons. The van der Waals surface area contributed by atoms with Crippen LogP contribution in [0.15, 0.2) is 36.4 Å². The molecular weight excluding hydrogens is 247 g/mol. The van der Waals surface area contributed by atoms with Gasteiger partial charge in [0.05, 0.1) is 0 Å². The van der Waals surface area contributed by atoms with Crippen LogP contribution in [0, 0.1) is 29.2 Å². The van der Waals surface area contributed by atoms with Crippen LogP contribution in [0.4, 0.5) is 0 Å². The van der Waals surface area contributed by atoms with Gasteiger partial charge in [0, 0.05) is 0 Å². The van der Waals surface area contributed by atoms with Crippen LogP contribution in [0.3, 0.4) is 0 Å². The second kappa shape index (κ2) is 8.06. The van der Waals surface area contributed by atoms with E-state index in [1.54, 1.807) is 0 Å². The topological polar surface area (TPSA) is 0 Å². The van der Waals surface area contributed by atoms with Gasteiger partial charge in [-0.15, -0.1) is 40.6 Å². The first kappa shape index (κ1) is 19.3. The predicted octanol–water partition coefficient (Wildman–Crippen LogP) is 4.22. The van der Waals surface area contributed by atoms with E-state index >= 15 is 0 Å². The molecule has 0 atom stereocenters. The van der Waals surface area contributed by atoms with Gasteiger partial charge < -0.3 is 22.3 Å². The molecule has 0 saturated carbocycles. The minimum Gasteiger partial charge on any atom is -0.358 e. The molecule has 0 aliphatic carbocycles. The van der Waals surface area contributed by atoms with Gasteiger partial charge in [0.1, 0.15) is 0 Å². The Hall–Kier alpha value is -0.287. The number of benzene rings is 1. The Kier molecular flexibility index (Phi) is 11.1. The summed E-state index contributed by atoms with van der Waals surface area (Å²) < 4.78 is 0. The van der Waals surface area contributed by atoms with Crippen molar-refractivity contribution in [2.24, 2.45) is 0 Å². The zero-order chi connectivity index (χ0) is 6.97. The third-order valence-electron chi connectivity index (χ3n) is 1.76. The van der Waals surface area contributed by atoms with Gasteiger partial charge in [-0.25, -0.2) is 0 Å². The van der Waals surface area contributed by atoms with Crippen LogP contribution in [-0.4, -0.2) is 0 Å². The van der Waals surface area contributed by atoms with Crippen LogP contribution in [0.1, 0.15) is 5.56 Å². The molecule has 1 heteroatoms. The predicted molar refractivity (Wildman–Crippen MR) is 63.5 cm³/mol. The van der Waals surface area contributed by atoms with Crippen molar-refractivity contribution in [2.75, 3.05) is 0 Å². The molecule has 0 nitrogen and oxygen atoms in total. The summed E-state index contributed by atoms with van der Waals surface area (Å²) >= 11 is 0. The maximum Gasteiger partial charge on any atom is 4.00 e. The average Bonchev–Trinajstić information content (AvgIpc) is 2.27. The van der Waals surface area contributed by atoms with E-state index < -0.39 is 0 Å². The second-order valence-electron chi connectivity index (χ2n) is 2.66. The van der Waals surface area contributed by atoms with Gasteiger partial charge in [0.25, 0.3) is 0 Å². The van der Waals surface area contributed by atoms with Crippen LogP contribution < -0.4 is 0 Å². The van der Waals surface area contributed by atoms with Crippen LogP contribution in [0.2, 0.25) is 0 Å². The molecule has 0 spiro atoms. The number of fused-ring (bicyclic) bond motifs is 1.